The Hall–Kier alpha value is -3.50. The fraction of sp³-hybridized carbons (Fsp3) is 0.462. The highest BCUT2D eigenvalue weighted by molar-refractivity contribution is 5.80. The number of aromatic amines is 1. The highest BCUT2D eigenvalue weighted by Gasteiger charge is 2.29. The van der Waals surface area contributed by atoms with E-state index in [0.717, 1.165) is 54.1 Å². The van der Waals surface area contributed by atoms with Crippen molar-refractivity contribution in [1.29, 1.82) is 0 Å². The van der Waals surface area contributed by atoms with E-state index in [1.807, 2.05) is 43.3 Å². The van der Waals surface area contributed by atoms with Crippen molar-refractivity contribution in [2.24, 2.45) is 0 Å². The van der Waals surface area contributed by atoms with Gasteiger partial charge in [0.2, 0.25) is 0 Å². The molecular weight excluding hydrogens is 460 g/mol. The molecule has 190 valence electrons. The van der Waals surface area contributed by atoms with Crippen LogP contribution in [0.1, 0.15) is 56.3 Å². The number of rotatable bonds is 11. The van der Waals surface area contributed by atoms with Crippen LogP contribution in [-0.2, 0) is 17.8 Å². The monoisotopic (exact) mass is 492 g/mol. The summed E-state index contributed by atoms with van der Waals surface area (Å²) in [7, 11) is 0. The second kappa shape index (κ2) is 11.0. The van der Waals surface area contributed by atoms with Crippen molar-refractivity contribution in [3.05, 3.63) is 70.2 Å². The molecule has 0 saturated carbocycles. The highest BCUT2D eigenvalue weighted by atomic mass is 16.5. The molecule has 0 spiro atoms. The molecule has 10 heteroatoms. The van der Waals surface area contributed by atoms with E-state index < -0.39 is 0 Å². The van der Waals surface area contributed by atoms with E-state index in [1.54, 1.807) is 10.9 Å². The van der Waals surface area contributed by atoms with Gasteiger partial charge in [0.15, 0.2) is 5.82 Å². The maximum Gasteiger partial charge on any atom is 0.252 e. The molecule has 0 unspecified atom stereocenters. The molecular formula is C26H32N6O4. The van der Waals surface area contributed by atoms with Crippen LogP contribution in [0.25, 0.3) is 10.9 Å². The van der Waals surface area contributed by atoms with E-state index in [0.29, 0.717) is 31.8 Å². The van der Waals surface area contributed by atoms with Crippen LogP contribution in [-0.4, -0.2) is 56.0 Å². The van der Waals surface area contributed by atoms with Crippen LogP contribution < -0.4 is 10.3 Å². The molecule has 0 radical (unpaired) electrons. The van der Waals surface area contributed by atoms with Crippen LogP contribution in [0.2, 0.25) is 0 Å². The lowest BCUT2D eigenvalue weighted by molar-refractivity contribution is 0.0488. The van der Waals surface area contributed by atoms with Gasteiger partial charge in [0, 0.05) is 36.2 Å². The Morgan fingerprint density at radius 2 is 2.19 bits per heavy atom. The molecule has 1 aliphatic heterocycles. The molecule has 4 aromatic rings. The van der Waals surface area contributed by atoms with Gasteiger partial charge < -0.3 is 18.9 Å². The first kappa shape index (κ1) is 24.2. The minimum Gasteiger partial charge on any atom is -0.494 e. The number of fused-ring (bicyclic) bond motifs is 1. The molecule has 2 atom stereocenters. The van der Waals surface area contributed by atoms with Crippen LogP contribution in [0.3, 0.4) is 0 Å². The standard InChI is InChI=1S/C26H32N6O4/c1-3-24(25-28-29-30-32(25)17-22-8-6-12-36-22)31(16-21-7-5-11-35-21)15-19-13-18-14-20(34-4-2)9-10-23(18)27-26(19)33/h6,8-10,12-14,21,24H,3-5,7,11,15-17H2,1-2H3,(H,27,33)/t21-,24-/m1/s1. The van der Waals surface area contributed by atoms with E-state index in [-0.39, 0.29) is 17.7 Å². The SMILES string of the molecule is CCOc1ccc2[nH]c(=O)c(CN(C[C@H]3CCCO3)[C@H](CC)c3nnnn3Cc3ccco3)cc2c1. The second-order valence-electron chi connectivity index (χ2n) is 9.07. The average molecular weight is 493 g/mol. The molecule has 1 fully saturated rings. The molecule has 5 rings (SSSR count). The summed E-state index contributed by atoms with van der Waals surface area (Å²) in [6.07, 6.45) is 4.56. The lowest BCUT2D eigenvalue weighted by Crippen LogP contribution is -2.37. The topological polar surface area (TPSA) is 111 Å². The van der Waals surface area contributed by atoms with E-state index in [4.69, 9.17) is 13.9 Å². The molecule has 36 heavy (non-hydrogen) atoms. The van der Waals surface area contributed by atoms with Crippen LogP contribution >= 0.6 is 0 Å². The number of furan rings is 1. The van der Waals surface area contributed by atoms with Crippen molar-refractivity contribution in [1.82, 2.24) is 30.1 Å². The number of nitrogens with one attached hydrogen (secondary N) is 1. The fourth-order valence-corrected chi connectivity index (χ4v) is 4.89. The first-order chi connectivity index (χ1) is 17.6. The molecule has 1 N–H and O–H groups in total. The van der Waals surface area contributed by atoms with Gasteiger partial charge in [-0.3, -0.25) is 9.69 Å². The zero-order valence-electron chi connectivity index (χ0n) is 20.7. The lowest BCUT2D eigenvalue weighted by Gasteiger charge is -2.32. The maximum absolute atomic E-state index is 13.1. The number of H-pyrrole nitrogens is 1. The van der Waals surface area contributed by atoms with E-state index >= 15 is 0 Å². The number of aromatic nitrogens is 5. The zero-order valence-corrected chi connectivity index (χ0v) is 20.7. The Bertz CT molecular complexity index is 1330. The molecule has 10 nitrogen and oxygen atoms in total. The number of benzene rings is 1. The maximum atomic E-state index is 13.1. The number of hydrogen-bond donors (Lipinski definition) is 1. The smallest absolute Gasteiger partial charge is 0.252 e. The van der Waals surface area contributed by atoms with Gasteiger partial charge in [-0.25, -0.2) is 4.68 Å². The van der Waals surface area contributed by atoms with E-state index in [2.05, 4.69) is 32.3 Å². The molecule has 1 aromatic carbocycles. The lowest BCUT2D eigenvalue weighted by atomic mass is 10.1. The fourth-order valence-electron chi connectivity index (χ4n) is 4.89. The van der Waals surface area contributed by atoms with Crippen LogP contribution in [0, 0.1) is 0 Å². The minimum atomic E-state index is -0.107. The second-order valence-corrected chi connectivity index (χ2v) is 9.07. The Balaban J connectivity index is 1.47. The van der Waals surface area contributed by atoms with Crippen molar-refractivity contribution in [3.8, 4) is 5.75 Å². The van der Waals surface area contributed by atoms with Crippen molar-refractivity contribution in [2.45, 2.75) is 58.3 Å². The third kappa shape index (κ3) is 5.34. The Morgan fingerprint density at radius 1 is 1.28 bits per heavy atom. The molecule has 0 amide bonds. The van der Waals surface area contributed by atoms with Gasteiger partial charge in [-0.1, -0.05) is 6.92 Å². The Kier molecular flexibility index (Phi) is 7.43. The predicted octanol–water partition coefficient (Wildman–Crippen LogP) is 3.69. The highest BCUT2D eigenvalue weighted by Crippen LogP contribution is 2.28. The van der Waals surface area contributed by atoms with Gasteiger partial charge in [-0.15, -0.1) is 5.10 Å². The predicted molar refractivity (Wildman–Crippen MR) is 134 cm³/mol. The molecule has 1 saturated heterocycles. The van der Waals surface area contributed by atoms with Gasteiger partial charge in [0.25, 0.3) is 5.56 Å². The number of ether oxygens (including phenoxy) is 2. The van der Waals surface area contributed by atoms with Gasteiger partial charge in [-0.05, 0) is 73.0 Å². The number of pyridine rings is 1. The van der Waals surface area contributed by atoms with Crippen LogP contribution in [0.4, 0.5) is 0 Å². The summed E-state index contributed by atoms with van der Waals surface area (Å²) in [4.78, 5) is 18.4. The third-order valence-corrected chi connectivity index (χ3v) is 6.61. The van der Waals surface area contributed by atoms with Gasteiger partial charge in [0.1, 0.15) is 18.1 Å². The number of hydrogen-bond acceptors (Lipinski definition) is 8. The van der Waals surface area contributed by atoms with Crippen molar-refractivity contribution in [3.63, 3.8) is 0 Å². The molecule has 3 aromatic heterocycles. The summed E-state index contributed by atoms with van der Waals surface area (Å²) in [5, 5.41) is 13.5. The molecule has 0 aliphatic carbocycles. The minimum absolute atomic E-state index is 0.103. The normalized spacial score (nSPS) is 16.7. The summed E-state index contributed by atoms with van der Waals surface area (Å²) >= 11 is 0. The van der Waals surface area contributed by atoms with Gasteiger partial charge >= 0.3 is 0 Å². The Labute approximate surface area is 209 Å². The Morgan fingerprint density at radius 3 is 2.94 bits per heavy atom. The number of tetrazole rings is 1. The van der Waals surface area contributed by atoms with Crippen molar-refractivity contribution < 1.29 is 13.9 Å². The number of nitrogens with zero attached hydrogens (tertiary/aromatic N) is 5. The summed E-state index contributed by atoms with van der Waals surface area (Å²) < 4.78 is 18.9. The summed E-state index contributed by atoms with van der Waals surface area (Å²) in [5.74, 6) is 2.30. The van der Waals surface area contributed by atoms with Crippen molar-refractivity contribution in [2.75, 3.05) is 19.8 Å². The largest absolute Gasteiger partial charge is 0.494 e. The third-order valence-electron chi connectivity index (χ3n) is 6.61. The van der Waals surface area contributed by atoms with E-state index in [1.165, 1.54) is 0 Å². The van der Waals surface area contributed by atoms with Crippen LogP contribution in [0.15, 0.2) is 51.9 Å². The first-order valence-electron chi connectivity index (χ1n) is 12.6. The van der Waals surface area contributed by atoms with Crippen molar-refractivity contribution >= 4 is 10.9 Å². The molecule has 0 bridgehead atoms. The average Bonchev–Trinajstić information content (AvgIpc) is 3.65. The van der Waals surface area contributed by atoms with Gasteiger partial charge in [0.05, 0.1) is 25.0 Å². The summed E-state index contributed by atoms with van der Waals surface area (Å²) in [6.45, 7) is 6.98. The summed E-state index contributed by atoms with van der Waals surface area (Å²) in [6, 6.07) is 11.3. The molecule has 4 heterocycles. The molecule has 1 aliphatic rings. The van der Waals surface area contributed by atoms with Crippen LogP contribution in [0.5, 0.6) is 5.75 Å². The van der Waals surface area contributed by atoms with E-state index in [9.17, 15) is 4.79 Å². The summed E-state index contributed by atoms with van der Waals surface area (Å²) in [5.41, 5.74) is 1.36. The zero-order chi connectivity index (χ0) is 24.9. The quantitative estimate of drug-likeness (QED) is 0.337. The first-order valence-corrected chi connectivity index (χ1v) is 12.6. The van der Waals surface area contributed by atoms with Gasteiger partial charge in [-0.2, -0.15) is 0 Å².